The number of aromatic hydroxyl groups is 2. The molecule has 0 spiro atoms. The molecule has 426 valence electrons. The van der Waals surface area contributed by atoms with E-state index in [-0.39, 0.29) is 24.0 Å². The van der Waals surface area contributed by atoms with Crippen molar-refractivity contribution in [2.45, 2.75) is 12.8 Å². The second-order valence-electron chi connectivity index (χ2n) is 16.7. The lowest BCUT2D eigenvalue weighted by atomic mass is 9.91. The fraction of sp³-hybridized carbons (Fsp3) is 0.0370. The smallest absolute Gasteiger partial charge is 0.205 e. The van der Waals surface area contributed by atoms with Crippen molar-refractivity contribution in [1.82, 2.24) is 0 Å². The normalized spacial score (nSPS) is 11.5. The molecule has 0 bridgehead atoms. The van der Waals surface area contributed by atoms with Gasteiger partial charge in [0, 0.05) is 11.1 Å². The van der Waals surface area contributed by atoms with Gasteiger partial charge in [0.05, 0.1) is 55.6 Å². The van der Waals surface area contributed by atoms with E-state index in [1.807, 2.05) is 0 Å². The van der Waals surface area contributed by atoms with Crippen molar-refractivity contribution < 1.29 is 125 Å². The summed E-state index contributed by atoms with van der Waals surface area (Å²) in [7, 11) is 0. The van der Waals surface area contributed by atoms with Gasteiger partial charge in [-0.25, -0.2) is 87.8 Å². The lowest BCUT2D eigenvalue weighted by Crippen LogP contribution is -2.13. The van der Waals surface area contributed by atoms with Crippen LogP contribution in [0.3, 0.4) is 0 Å². The predicted octanol–water partition coefficient (Wildman–Crippen LogP) is 17.8. The number of phenols is 2. The Kier molecular flexibility index (Phi) is 15.6. The van der Waals surface area contributed by atoms with Gasteiger partial charge in [-0.05, 0) is 49.2 Å². The van der Waals surface area contributed by atoms with Crippen molar-refractivity contribution in [3.63, 3.8) is 0 Å². The molecule has 0 saturated heterocycles. The fourth-order valence-corrected chi connectivity index (χ4v) is 8.25. The first kappa shape index (κ1) is 58.9. The average Bonchev–Trinajstić information content (AvgIpc) is 2.53. The van der Waals surface area contributed by atoms with Crippen molar-refractivity contribution in [3.05, 3.63) is 212 Å². The zero-order valence-corrected chi connectivity index (χ0v) is 39.2. The van der Waals surface area contributed by atoms with E-state index in [1.54, 1.807) is 0 Å². The molecule has 8 aromatic rings. The van der Waals surface area contributed by atoms with E-state index >= 15 is 105 Å². The van der Waals surface area contributed by atoms with E-state index in [4.69, 9.17) is 9.47 Å². The van der Waals surface area contributed by atoms with Crippen LogP contribution in [0, 0.1) is 140 Å². The first-order valence-corrected chi connectivity index (χ1v) is 21.9. The fourth-order valence-electron chi connectivity index (χ4n) is 8.25. The van der Waals surface area contributed by atoms with Gasteiger partial charge in [0.2, 0.25) is 34.8 Å². The first-order valence-electron chi connectivity index (χ1n) is 21.9. The van der Waals surface area contributed by atoms with Crippen LogP contribution in [0.4, 0.5) is 105 Å². The highest BCUT2D eigenvalue weighted by molar-refractivity contribution is 5.81. The molecule has 0 saturated carbocycles. The van der Waals surface area contributed by atoms with Crippen LogP contribution in [-0.4, -0.2) is 10.2 Å². The third kappa shape index (κ3) is 9.08. The van der Waals surface area contributed by atoms with E-state index in [0.717, 1.165) is 36.4 Å². The zero-order valence-electron chi connectivity index (χ0n) is 39.2. The second kappa shape index (κ2) is 21.7. The van der Waals surface area contributed by atoms with Crippen LogP contribution < -0.4 is 9.47 Å². The minimum absolute atomic E-state index is 0.0585. The highest BCUT2D eigenvalue weighted by atomic mass is 19.2. The van der Waals surface area contributed by atoms with Gasteiger partial charge in [0.15, 0.2) is 116 Å². The Balaban J connectivity index is 1.22. The number of hydrogen-bond acceptors (Lipinski definition) is 4. The molecular formula is C54H18F24O4. The molecule has 0 fully saturated rings. The standard InChI is InChI=1S/C54H18F24O4/c1-3-5-13-11-15(7-9-17(13)79)81-53-49(75)45(71)27(46(72)50(53)76)25-41(67)37(63)23(38(64)42(25)68)21-33(59)29(55)19(30(56)34(21)60)20-31(57)35(61)22(36(62)32(20)58)24-39(65)43(69)26(44(70)40(24)66)28-47(73)51(77)54(52(78)48(28)74)82-16-8-10-18(80)14(12-16)6-4-2/h3-4,7-12,79-80H,1-2,5-6H2. The van der Waals surface area contributed by atoms with Crippen molar-refractivity contribution >= 4 is 0 Å². The summed E-state index contributed by atoms with van der Waals surface area (Å²) in [5.74, 6) is -82.7. The van der Waals surface area contributed by atoms with E-state index in [2.05, 4.69) is 13.2 Å². The van der Waals surface area contributed by atoms with Gasteiger partial charge in [0.1, 0.15) is 23.0 Å². The Morgan fingerprint density at radius 1 is 0.268 bits per heavy atom. The largest absolute Gasteiger partial charge is 0.508 e. The first-order chi connectivity index (χ1) is 38.5. The average molecular weight is 1190 g/mol. The minimum atomic E-state index is -3.46. The SMILES string of the molecule is C=CCc1cc(Oc2c(F)c(F)c(-c3c(F)c(F)c(-c4c(F)c(F)c(-c5c(F)c(F)c(-c6c(F)c(F)c(-c7c(F)c(F)c(Oc8ccc(O)c(CC=C)c8)c(F)c7F)c(F)c6F)c(F)c5F)c(F)c4F)c(F)c3F)c(F)c2F)ccc1O. The minimum Gasteiger partial charge on any atom is -0.508 e. The van der Waals surface area contributed by atoms with Crippen LogP contribution in [0.2, 0.25) is 0 Å². The number of rotatable bonds is 13. The van der Waals surface area contributed by atoms with E-state index in [0.29, 0.717) is 0 Å². The highest BCUT2D eigenvalue weighted by Gasteiger charge is 2.42. The Morgan fingerprint density at radius 2 is 0.427 bits per heavy atom. The van der Waals surface area contributed by atoms with Gasteiger partial charge in [-0.2, -0.15) is 17.6 Å². The van der Waals surface area contributed by atoms with Gasteiger partial charge in [-0.3, -0.25) is 0 Å². The number of allylic oxidation sites excluding steroid dienone is 2. The number of benzene rings is 8. The van der Waals surface area contributed by atoms with Crippen LogP contribution in [0.25, 0.3) is 55.6 Å². The quantitative estimate of drug-likeness (QED) is 0.0686. The van der Waals surface area contributed by atoms with Gasteiger partial charge in [-0.15, -0.1) is 13.2 Å². The van der Waals surface area contributed by atoms with Crippen LogP contribution in [-0.2, 0) is 12.8 Å². The van der Waals surface area contributed by atoms with Crippen molar-refractivity contribution in [1.29, 1.82) is 0 Å². The number of phenolic OH excluding ortho intramolecular Hbond substituents is 2. The lowest BCUT2D eigenvalue weighted by molar-refractivity contribution is 0.366. The maximum absolute atomic E-state index is 15.8. The Bertz CT molecular complexity index is 3690. The molecule has 0 aromatic heterocycles. The summed E-state index contributed by atoms with van der Waals surface area (Å²) >= 11 is 0. The van der Waals surface area contributed by atoms with Gasteiger partial charge in [0.25, 0.3) is 0 Å². The molecule has 0 amide bonds. The summed E-state index contributed by atoms with van der Waals surface area (Å²) in [6.07, 6.45) is 2.13. The molecule has 0 aliphatic heterocycles. The molecule has 0 aliphatic rings. The second-order valence-corrected chi connectivity index (χ2v) is 16.7. The summed E-state index contributed by atoms with van der Waals surface area (Å²) < 4.78 is 384. The van der Waals surface area contributed by atoms with Gasteiger partial charge in [-0.1, -0.05) is 12.2 Å². The molecule has 4 nitrogen and oxygen atoms in total. The topological polar surface area (TPSA) is 58.9 Å². The Morgan fingerprint density at radius 3 is 0.585 bits per heavy atom. The number of halogens is 24. The van der Waals surface area contributed by atoms with Crippen LogP contribution in [0.5, 0.6) is 34.5 Å². The molecule has 8 aromatic carbocycles. The molecule has 82 heavy (non-hydrogen) atoms. The molecule has 8 rings (SSSR count). The lowest BCUT2D eigenvalue weighted by Gasteiger charge is -2.19. The monoisotopic (exact) mass is 1190 g/mol. The van der Waals surface area contributed by atoms with Crippen LogP contribution >= 0.6 is 0 Å². The van der Waals surface area contributed by atoms with E-state index in [9.17, 15) is 10.2 Å². The number of hydrogen-bond donors (Lipinski definition) is 2. The molecule has 28 heteroatoms. The van der Waals surface area contributed by atoms with Gasteiger partial charge >= 0.3 is 0 Å². The molecule has 2 N–H and O–H groups in total. The van der Waals surface area contributed by atoms with E-state index < -0.39 is 230 Å². The highest BCUT2D eigenvalue weighted by Crippen LogP contribution is 2.49. The molecule has 0 heterocycles. The van der Waals surface area contributed by atoms with Crippen LogP contribution in [0.1, 0.15) is 11.1 Å². The predicted molar refractivity (Wildman–Crippen MR) is 237 cm³/mol. The summed E-state index contributed by atoms with van der Waals surface area (Å²) in [5.41, 5.74) is -29.1. The Hall–Kier alpha value is -9.24. The van der Waals surface area contributed by atoms with Crippen molar-refractivity contribution in [2.75, 3.05) is 0 Å². The summed E-state index contributed by atoms with van der Waals surface area (Å²) in [6, 6.07) is 4.97. The summed E-state index contributed by atoms with van der Waals surface area (Å²) in [6.45, 7) is 6.73. The number of ether oxygens (including phenoxy) is 2. The maximum Gasteiger partial charge on any atom is 0.205 e. The Labute approximate surface area is 439 Å². The third-order valence-corrected chi connectivity index (χ3v) is 12.0. The van der Waals surface area contributed by atoms with Crippen LogP contribution in [0.15, 0.2) is 61.7 Å². The van der Waals surface area contributed by atoms with E-state index in [1.165, 1.54) is 12.2 Å². The molecule has 0 unspecified atom stereocenters. The molecular weight excluding hydrogens is 1170 g/mol. The van der Waals surface area contributed by atoms with Crippen molar-refractivity contribution in [3.8, 4) is 90.1 Å². The third-order valence-electron chi connectivity index (χ3n) is 12.0. The summed E-state index contributed by atoms with van der Waals surface area (Å²) in [5, 5.41) is 19.8. The van der Waals surface area contributed by atoms with Gasteiger partial charge < -0.3 is 19.7 Å². The molecule has 0 radical (unpaired) electrons. The summed E-state index contributed by atoms with van der Waals surface area (Å²) in [4.78, 5) is 0. The molecule has 0 atom stereocenters. The maximum atomic E-state index is 15.8. The van der Waals surface area contributed by atoms with Crippen molar-refractivity contribution in [2.24, 2.45) is 0 Å². The zero-order chi connectivity index (χ0) is 60.7. The molecule has 0 aliphatic carbocycles.